The average Bonchev–Trinajstić information content (AvgIpc) is 3.23. The van der Waals surface area contributed by atoms with Gasteiger partial charge in [0, 0.05) is 16.3 Å². The van der Waals surface area contributed by atoms with Gasteiger partial charge < -0.3 is 14.2 Å². The summed E-state index contributed by atoms with van der Waals surface area (Å²) in [7, 11) is -3.67. The fourth-order valence-electron chi connectivity index (χ4n) is 2.99. The van der Waals surface area contributed by atoms with Crippen LogP contribution in [0.3, 0.4) is 0 Å². The summed E-state index contributed by atoms with van der Waals surface area (Å²) in [4.78, 5) is 0.197. The van der Waals surface area contributed by atoms with Crippen LogP contribution in [0.15, 0.2) is 83.8 Å². The van der Waals surface area contributed by atoms with Crippen molar-refractivity contribution in [3.05, 3.63) is 89.4 Å². The lowest BCUT2D eigenvalue weighted by molar-refractivity contribution is -0.0658. The van der Waals surface area contributed by atoms with Crippen LogP contribution in [0.5, 0.6) is 5.75 Å². The molecule has 3 aromatic rings. The van der Waals surface area contributed by atoms with Crippen LogP contribution in [0.2, 0.25) is 5.02 Å². The monoisotopic (exact) mass is 445 g/mol. The van der Waals surface area contributed by atoms with Crippen LogP contribution in [0.4, 0.5) is 5.69 Å². The molecule has 1 saturated heterocycles. The van der Waals surface area contributed by atoms with Crippen LogP contribution < -0.4 is 9.46 Å². The van der Waals surface area contributed by atoms with Crippen molar-refractivity contribution in [2.75, 3.05) is 17.9 Å². The number of nitrogens with one attached hydrogen (secondary N) is 1. The van der Waals surface area contributed by atoms with Gasteiger partial charge in [-0.3, -0.25) is 4.72 Å². The fraction of sp³-hybridized carbons (Fsp3) is 0.182. The molecule has 3 aromatic carbocycles. The maximum Gasteiger partial charge on any atom is 0.261 e. The number of halogens is 1. The highest BCUT2D eigenvalue weighted by atomic mass is 35.5. The van der Waals surface area contributed by atoms with Crippen molar-refractivity contribution < 1.29 is 22.6 Å². The van der Waals surface area contributed by atoms with Crippen LogP contribution in [0, 0.1) is 0 Å². The number of hydrogen-bond donors (Lipinski definition) is 1. The van der Waals surface area contributed by atoms with Crippen molar-refractivity contribution in [2.45, 2.75) is 17.3 Å². The van der Waals surface area contributed by atoms with Gasteiger partial charge in [0.15, 0.2) is 6.29 Å². The molecule has 0 amide bonds. The first-order valence-electron chi connectivity index (χ1n) is 9.33. The average molecular weight is 446 g/mol. The van der Waals surface area contributed by atoms with Gasteiger partial charge in [-0.15, -0.1) is 0 Å². The molecule has 0 bridgehead atoms. The summed E-state index contributed by atoms with van der Waals surface area (Å²) in [5.74, 6) is 0.698. The van der Waals surface area contributed by atoms with Crippen molar-refractivity contribution >= 4 is 27.3 Å². The lowest BCUT2D eigenvalue weighted by Crippen LogP contribution is -2.20. The van der Waals surface area contributed by atoms with E-state index in [-0.39, 0.29) is 11.0 Å². The Morgan fingerprint density at radius 2 is 1.77 bits per heavy atom. The van der Waals surface area contributed by atoms with Gasteiger partial charge in [0.25, 0.3) is 10.0 Å². The number of ether oxygens (including phenoxy) is 3. The van der Waals surface area contributed by atoms with Gasteiger partial charge in [-0.1, -0.05) is 41.9 Å². The molecular weight excluding hydrogens is 426 g/mol. The van der Waals surface area contributed by atoms with Gasteiger partial charge in [0.1, 0.15) is 18.5 Å². The van der Waals surface area contributed by atoms with E-state index in [4.69, 9.17) is 25.8 Å². The number of benzene rings is 3. The van der Waals surface area contributed by atoms with Crippen molar-refractivity contribution in [1.82, 2.24) is 0 Å². The summed E-state index contributed by atoms with van der Waals surface area (Å²) in [6, 6.07) is 22.3. The minimum absolute atomic E-state index is 0.197. The Hall–Kier alpha value is -2.58. The summed E-state index contributed by atoms with van der Waals surface area (Å²) < 4.78 is 45.0. The molecular formula is C22H20ClNO5S. The second-order valence-corrected chi connectivity index (χ2v) is 8.85. The van der Waals surface area contributed by atoms with E-state index in [9.17, 15) is 8.42 Å². The Kier molecular flexibility index (Phi) is 6.24. The Bertz CT molecular complexity index is 1090. The molecule has 1 N–H and O–H groups in total. The van der Waals surface area contributed by atoms with Crippen LogP contribution >= 0.6 is 11.6 Å². The predicted octanol–water partition coefficient (Wildman–Crippen LogP) is 4.63. The first kappa shape index (κ1) is 20.7. The van der Waals surface area contributed by atoms with E-state index in [1.165, 1.54) is 0 Å². The molecule has 0 unspecified atom stereocenters. The van der Waals surface area contributed by atoms with Gasteiger partial charge in [0.05, 0.1) is 11.5 Å². The van der Waals surface area contributed by atoms with E-state index in [1.54, 1.807) is 72.8 Å². The smallest absolute Gasteiger partial charge is 0.261 e. The normalized spacial score (nSPS) is 18.8. The van der Waals surface area contributed by atoms with Gasteiger partial charge in [-0.05, 0) is 48.5 Å². The van der Waals surface area contributed by atoms with E-state index < -0.39 is 16.3 Å². The van der Waals surface area contributed by atoms with E-state index in [2.05, 4.69) is 4.72 Å². The van der Waals surface area contributed by atoms with E-state index in [1.807, 2.05) is 6.07 Å². The molecule has 30 heavy (non-hydrogen) atoms. The molecule has 0 saturated carbocycles. The van der Waals surface area contributed by atoms with E-state index in [0.29, 0.717) is 29.7 Å². The SMILES string of the molecule is O=S(=O)(Nc1cccc([C@@H]2OC[C@@H](COc3ccc(Cl)cc3)O2)c1)c1ccccc1. The minimum atomic E-state index is -3.67. The lowest BCUT2D eigenvalue weighted by Gasteiger charge is -2.14. The summed E-state index contributed by atoms with van der Waals surface area (Å²) in [6.45, 7) is 0.705. The van der Waals surface area contributed by atoms with Gasteiger partial charge >= 0.3 is 0 Å². The first-order valence-corrected chi connectivity index (χ1v) is 11.2. The van der Waals surface area contributed by atoms with Crippen molar-refractivity contribution in [2.24, 2.45) is 0 Å². The minimum Gasteiger partial charge on any atom is -0.491 e. The summed E-state index contributed by atoms with van der Waals surface area (Å²) >= 11 is 5.87. The zero-order valence-electron chi connectivity index (χ0n) is 15.9. The third-order valence-electron chi connectivity index (χ3n) is 4.46. The predicted molar refractivity (Wildman–Crippen MR) is 114 cm³/mol. The third kappa shape index (κ3) is 5.12. The van der Waals surface area contributed by atoms with E-state index >= 15 is 0 Å². The molecule has 1 heterocycles. The maximum atomic E-state index is 12.5. The van der Waals surface area contributed by atoms with E-state index in [0.717, 1.165) is 5.56 Å². The molecule has 0 spiro atoms. The summed E-state index contributed by atoms with van der Waals surface area (Å²) in [5, 5.41) is 0.644. The zero-order valence-corrected chi connectivity index (χ0v) is 17.5. The molecule has 0 aromatic heterocycles. The molecule has 0 radical (unpaired) electrons. The van der Waals surface area contributed by atoms with Crippen LogP contribution in [-0.4, -0.2) is 27.7 Å². The Labute approximate surface area is 180 Å². The van der Waals surface area contributed by atoms with Crippen molar-refractivity contribution in [3.8, 4) is 5.75 Å². The van der Waals surface area contributed by atoms with Gasteiger partial charge in [-0.25, -0.2) is 8.42 Å². The maximum absolute atomic E-state index is 12.5. The summed E-state index contributed by atoms with van der Waals surface area (Å²) in [6.07, 6.45) is -0.833. The Morgan fingerprint density at radius 3 is 2.53 bits per heavy atom. The molecule has 4 rings (SSSR count). The second-order valence-electron chi connectivity index (χ2n) is 6.73. The molecule has 6 nitrogen and oxygen atoms in total. The Morgan fingerprint density at radius 1 is 1.00 bits per heavy atom. The molecule has 2 atom stereocenters. The van der Waals surface area contributed by atoms with Crippen LogP contribution in [0.25, 0.3) is 0 Å². The van der Waals surface area contributed by atoms with Gasteiger partial charge in [-0.2, -0.15) is 0 Å². The topological polar surface area (TPSA) is 73.9 Å². The number of anilines is 1. The molecule has 1 aliphatic heterocycles. The highest BCUT2D eigenvalue weighted by Gasteiger charge is 2.28. The number of hydrogen-bond acceptors (Lipinski definition) is 5. The first-order chi connectivity index (χ1) is 14.5. The molecule has 1 fully saturated rings. The summed E-state index contributed by atoms with van der Waals surface area (Å²) in [5.41, 5.74) is 1.15. The highest BCUT2D eigenvalue weighted by molar-refractivity contribution is 7.92. The third-order valence-corrected chi connectivity index (χ3v) is 6.11. The number of rotatable bonds is 7. The largest absolute Gasteiger partial charge is 0.491 e. The highest BCUT2D eigenvalue weighted by Crippen LogP contribution is 2.29. The zero-order chi connectivity index (χ0) is 21.0. The van der Waals surface area contributed by atoms with Crippen LogP contribution in [-0.2, 0) is 19.5 Å². The fourth-order valence-corrected chi connectivity index (χ4v) is 4.19. The van der Waals surface area contributed by atoms with Gasteiger partial charge in [0.2, 0.25) is 0 Å². The van der Waals surface area contributed by atoms with Crippen molar-refractivity contribution in [1.29, 1.82) is 0 Å². The lowest BCUT2D eigenvalue weighted by atomic mass is 10.2. The second kappa shape index (κ2) is 9.06. The van der Waals surface area contributed by atoms with Crippen LogP contribution in [0.1, 0.15) is 11.9 Å². The molecule has 0 aliphatic carbocycles. The van der Waals surface area contributed by atoms with Crippen molar-refractivity contribution in [3.63, 3.8) is 0 Å². The standard InChI is InChI=1S/C22H20ClNO5S/c23-17-9-11-19(12-10-17)27-14-20-15-28-22(29-20)16-5-4-6-18(13-16)24-30(25,26)21-7-2-1-3-8-21/h1-13,20,22,24H,14-15H2/t20-,22-/m1/s1. The number of sulfonamides is 1. The quantitative estimate of drug-likeness (QED) is 0.573. The Balaban J connectivity index is 1.37. The molecule has 156 valence electrons. The molecule has 8 heteroatoms. The molecule has 1 aliphatic rings.